The summed E-state index contributed by atoms with van der Waals surface area (Å²) in [5.74, 6) is 4.80. The van der Waals surface area contributed by atoms with Gasteiger partial charge in [-0.25, -0.2) is 13.7 Å². The Bertz CT molecular complexity index is 1320. The van der Waals surface area contributed by atoms with Gasteiger partial charge in [-0.05, 0) is 41.5 Å². The van der Waals surface area contributed by atoms with Crippen LogP contribution in [0.3, 0.4) is 0 Å². The van der Waals surface area contributed by atoms with Crippen LogP contribution < -0.4 is 15.8 Å². The second kappa shape index (κ2) is 9.64. The molecule has 1 aliphatic heterocycles. The van der Waals surface area contributed by atoms with E-state index >= 15 is 0 Å². The molecule has 2 aromatic carbocycles. The minimum absolute atomic E-state index is 0.149. The largest absolute Gasteiger partial charge is 0.473 e. The van der Waals surface area contributed by atoms with E-state index in [1.54, 1.807) is 11.1 Å². The number of hydroxylamine groups is 2. The summed E-state index contributed by atoms with van der Waals surface area (Å²) < 4.78 is 40.0. The molecule has 3 aromatic rings. The van der Waals surface area contributed by atoms with Crippen molar-refractivity contribution < 1.29 is 22.7 Å². The monoisotopic (exact) mass is 518 g/mol. The SMILES string of the molecule is CC(c1occc(=O)c1OP)C1(CN(ON)[C@@H]2c3ccccc3SCc3c2ccc(F)c3F)CC1. The summed E-state index contributed by atoms with van der Waals surface area (Å²) in [6.07, 6.45) is 3.05. The molecule has 1 saturated carbocycles. The minimum Gasteiger partial charge on any atom is -0.473 e. The topological polar surface area (TPSA) is 77.9 Å². The Balaban J connectivity index is 1.56. The molecule has 0 spiro atoms. The summed E-state index contributed by atoms with van der Waals surface area (Å²) in [7, 11) is 2.10. The quantitative estimate of drug-likeness (QED) is 0.328. The van der Waals surface area contributed by atoms with Gasteiger partial charge in [0.25, 0.3) is 0 Å². The molecular weight excluding hydrogens is 493 g/mol. The van der Waals surface area contributed by atoms with E-state index in [4.69, 9.17) is 19.8 Å². The van der Waals surface area contributed by atoms with E-state index in [2.05, 4.69) is 9.47 Å². The molecule has 2 N–H and O–H groups in total. The molecule has 1 fully saturated rings. The highest BCUT2D eigenvalue weighted by molar-refractivity contribution is 7.98. The highest BCUT2D eigenvalue weighted by atomic mass is 32.2. The highest BCUT2D eigenvalue weighted by Gasteiger charge is 2.52. The molecule has 35 heavy (non-hydrogen) atoms. The molecule has 1 aliphatic carbocycles. The van der Waals surface area contributed by atoms with Crippen molar-refractivity contribution in [1.29, 1.82) is 0 Å². The molecule has 184 valence electrons. The molecule has 0 amide bonds. The van der Waals surface area contributed by atoms with Gasteiger partial charge in [-0.3, -0.25) is 4.79 Å². The van der Waals surface area contributed by atoms with E-state index in [0.717, 1.165) is 29.4 Å². The van der Waals surface area contributed by atoms with Crippen LogP contribution in [-0.4, -0.2) is 11.6 Å². The van der Waals surface area contributed by atoms with Gasteiger partial charge in [0.1, 0.15) is 0 Å². The second-order valence-electron chi connectivity index (χ2n) is 9.02. The fourth-order valence-corrected chi connectivity index (χ4v) is 6.32. The Kier molecular flexibility index (Phi) is 6.72. The summed E-state index contributed by atoms with van der Waals surface area (Å²) >= 11 is 1.45. The normalized spacial score (nSPS) is 19.0. The fraction of sp³-hybridized carbons (Fsp3) is 0.320. The molecule has 0 bridgehead atoms. The van der Waals surface area contributed by atoms with Crippen molar-refractivity contribution in [3.63, 3.8) is 0 Å². The van der Waals surface area contributed by atoms with Gasteiger partial charge in [0.15, 0.2) is 17.4 Å². The van der Waals surface area contributed by atoms with Crippen molar-refractivity contribution in [2.75, 3.05) is 6.54 Å². The predicted molar refractivity (Wildman–Crippen MR) is 132 cm³/mol. The molecule has 0 saturated heterocycles. The van der Waals surface area contributed by atoms with E-state index in [9.17, 15) is 13.6 Å². The maximum absolute atomic E-state index is 14.9. The summed E-state index contributed by atoms with van der Waals surface area (Å²) in [6, 6.07) is 11.2. The molecule has 2 aliphatic rings. The first-order valence-corrected chi connectivity index (χ1v) is 12.7. The molecule has 0 radical (unpaired) electrons. The van der Waals surface area contributed by atoms with Gasteiger partial charge in [-0.15, -0.1) is 11.8 Å². The van der Waals surface area contributed by atoms with E-state index in [1.807, 2.05) is 31.2 Å². The predicted octanol–water partition coefficient (Wildman–Crippen LogP) is 5.47. The van der Waals surface area contributed by atoms with Crippen LogP contribution in [0.4, 0.5) is 8.78 Å². The lowest BCUT2D eigenvalue weighted by atomic mass is 9.86. The van der Waals surface area contributed by atoms with Crippen LogP contribution in [0, 0.1) is 17.0 Å². The van der Waals surface area contributed by atoms with Gasteiger partial charge >= 0.3 is 0 Å². The van der Waals surface area contributed by atoms with Crippen LogP contribution in [0.5, 0.6) is 5.75 Å². The molecule has 5 rings (SSSR count). The van der Waals surface area contributed by atoms with Gasteiger partial charge in [-0.2, -0.15) is 11.0 Å². The zero-order valence-corrected chi connectivity index (χ0v) is 21.0. The Hall–Kier alpha value is -2.29. The number of fused-ring (bicyclic) bond motifs is 2. The van der Waals surface area contributed by atoms with Crippen molar-refractivity contribution in [2.45, 2.75) is 42.4 Å². The lowest BCUT2D eigenvalue weighted by Gasteiger charge is -2.35. The number of nitrogens with two attached hydrogens (primary N) is 1. The Labute approximate surface area is 208 Å². The Morgan fingerprint density at radius 2 is 2.00 bits per heavy atom. The van der Waals surface area contributed by atoms with Crippen LogP contribution in [0.1, 0.15) is 54.2 Å². The number of benzene rings is 2. The van der Waals surface area contributed by atoms with Gasteiger partial charge in [0.05, 0.1) is 21.8 Å². The molecule has 3 atom stereocenters. The first-order chi connectivity index (χ1) is 16.9. The standard InChI is InChI=1S/C25H25F2N2O4PS/c1-14(23-24(32-34)19(30)8-11-31-23)25(9-10-25)13-29(33-28)22-15-6-7-18(26)21(27)17(15)12-35-20-5-3-2-4-16(20)22/h2-8,11,14,22H,9-10,12-13,28,34H2,1H3/t14?,22-/m0/s1. The van der Waals surface area contributed by atoms with Gasteiger partial charge in [0.2, 0.25) is 11.2 Å². The van der Waals surface area contributed by atoms with Crippen molar-refractivity contribution in [2.24, 2.45) is 11.3 Å². The summed E-state index contributed by atoms with van der Waals surface area (Å²) in [6.45, 7) is 2.36. The molecule has 10 heteroatoms. The van der Waals surface area contributed by atoms with E-state index in [1.165, 1.54) is 24.1 Å². The summed E-state index contributed by atoms with van der Waals surface area (Å²) in [5, 5.41) is 1.63. The maximum Gasteiger partial charge on any atom is 0.227 e. The lowest BCUT2D eigenvalue weighted by Crippen LogP contribution is -2.39. The Morgan fingerprint density at radius 1 is 1.23 bits per heavy atom. The molecular formula is C25H25F2N2O4PS. The first-order valence-electron chi connectivity index (χ1n) is 11.2. The summed E-state index contributed by atoms with van der Waals surface area (Å²) in [4.78, 5) is 18.7. The van der Waals surface area contributed by atoms with Crippen LogP contribution >= 0.6 is 21.2 Å². The van der Waals surface area contributed by atoms with Crippen molar-refractivity contribution in [3.05, 3.63) is 93.0 Å². The second-order valence-corrected chi connectivity index (χ2v) is 10.3. The van der Waals surface area contributed by atoms with Gasteiger partial charge in [-0.1, -0.05) is 31.2 Å². The van der Waals surface area contributed by atoms with Crippen LogP contribution in [0.15, 0.2) is 62.8 Å². The third-order valence-corrected chi connectivity index (χ3v) is 8.54. The van der Waals surface area contributed by atoms with E-state index in [0.29, 0.717) is 23.4 Å². The average Bonchev–Trinajstić information content (AvgIpc) is 3.67. The van der Waals surface area contributed by atoms with Crippen molar-refractivity contribution >= 4 is 21.2 Å². The van der Waals surface area contributed by atoms with E-state index in [-0.39, 0.29) is 28.3 Å². The number of hydrogen-bond acceptors (Lipinski definition) is 7. The number of nitrogens with zero attached hydrogens (tertiary/aromatic N) is 1. The molecule has 2 unspecified atom stereocenters. The zero-order chi connectivity index (χ0) is 24.7. The molecule has 6 nitrogen and oxygen atoms in total. The Morgan fingerprint density at radius 3 is 2.71 bits per heavy atom. The smallest absolute Gasteiger partial charge is 0.227 e. The summed E-state index contributed by atoms with van der Waals surface area (Å²) in [5.41, 5.74) is 1.22. The third-order valence-electron chi connectivity index (χ3n) is 7.19. The number of thioether (sulfide) groups is 1. The number of hydrogen-bond donors (Lipinski definition) is 1. The number of halogens is 2. The van der Waals surface area contributed by atoms with Crippen LogP contribution in [-0.2, 0) is 10.7 Å². The average molecular weight is 519 g/mol. The fourth-order valence-electron chi connectivity index (χ4n) is 4.98. The van der Waals surface area contributed by atoms with Gasteiger partial charge < -0.3 is 8.94 Å². The minimum atomic E-state index is -0.884. The zero-order valence-electron chi connectivity index (χ0n) is 19.0. The first kappa shape index (κ1) is 24.4. The molecule has 1 aromatic heterocycles. The third kappa shape index (κ3) is 4.30. The lowest BCUT2D eigenvalue weighted by molar-refractivity contribution is -0.195. The maximum atomic E-state index is 14.9. The number of rotatable bonds is 7. The van der Waals surface area contributed by atoms with E-state index < -0.39 is 17.7 Å². The van der Waals surface area contributed by atoms with Crippen molar-refractivity contribution in [3.8, 4) is 5.75 Å². The van der Waals surface area contributed by atoms with Crippen LogP contribution in [0.2, 0.25) is 0 Å². The van der Waals surface area contributed by atoms with Crippen LogP contribution in [0.25, 0.3) is 0 Å². The molecule has 2 heterocycles. The highest BCUT2D eigenvalue weighted by Crippen LogP contribution is 2.58. The van der Waals surface area contributed by atoms with Gasteiger partial charge in [0, 0.05) is 34.7 Å². The van der Waals surface area contributed by atoms with Crippen molar-refractivity contribution in [1.82, 2.24) is 5.06 Å².